The van der Waals surface area contributed by atoms with E-state index in [-0.39, 0.29) is 13.2 Å². The molecule has 0 fully saturated rings. The molecular formula is C9H15N3O2. The normalized spacial score (nSPS) is 20.9. The minimum atomic E-state index is 0.0902. The second-order valence-corrected chi connectivity index (χ2v) is 3.69. The standard InChI is InChI=1S/C9H15N3O2/c13-4-3-8-10-9-2-1-7(6-14)5-12(9)11-8/h7,13-14H,1-6H2. The van der Waals surface area contributed by atoms with Crippen LogP contribution in [0.4, 0.5) is 0 Å². The van der Waals surface area contributed by atoms with Crippen molar-refractivity contribution in [3.05, 3.63) is 11.6 Å². The molecule has 0 saturated heterocycles. The molecule has 0 aromatic carbocycles. The maximum absolute atomic E-state index is 9.03. The zero-order valence-corrected chi connectivity index (χ0v) is 8.06. The molecule has 1 aromatic heterocycles. The minimum Gasteiger partial charge on any atom is -0.396 e. The van der Waals surface area contributed by atoms with Crippen molar-refractivity contribution in [2.45, 2.75) is 25.8 Å². The first-order valence-corrected chi connectivity index (χ1v) is 4.97. The Kier molecular flexibility index (Phi) is 2.79. The molecule has 5 heteroatoms. The molecule has 5 nitrogen and oxygen atoms in total. The predicted octanol–water partition coefficient (Wildman–Crippen LogP) is -0.632. The molecule has 2 N–H and O–H groups in total. The number of aromatic nitrogens is 3. The van der Waals surface area contributed by atoms with Gasteiger partial charge < -0.3 is 10.2 Å². The van der Waals surface area contributed by atoms with Crippen LogP contribution in [0.3, 0.4) is 0 Å². The van der Waals surface area contributed by atoms with Crippen molar-refractivity contribution in [1.82, 2.24) is 14.8 Å². The molecule has 0 spiro atoms. The third-order valence-electron chi connectivity index (χ3n) is 2.59. The summed E-state index contributed by atoms with van der Waals surface area (Å²) in [6, 6.07) is 0. The van der Waals surface area contributed by atoms with Gasteiger partial charge in [-0.15, -0.1) is 0 Å². The van der Waals surface area contributed by atoms with Crippen LogP contribution in [0.1, 0.15) is 18.1 Å². The molecule has 0 saturated carbocycles. The summed E-state index contributed by atoms with van der Waals surface area (Å²) in [4.78, 5) is 4.32. The fourth-order valence-electron chi connectivity index (χ4n) is 1.78. The van der Waals surface area contributed by atoms with Gasteiger partial charge in [0.15, 0.2) is 5.82 Å². The topological polar surface area (TPSA) is 71.2 Å². The van der Waals surface area contributed by atoms with E-state index in [0.29, 0.717) is 18.2 Å². The molecule has 0 radical (unpaired) electrons. The molecule has 0 aliphatic carbocycles. The molecule has 1 aliphatic rings. The Bertz CT molecular complexity index is 311. The smallest absolute Gasteiger partial charge is 0.153 e. The van der Waals surface area contributed by atoms with Gasteiger partial charge in [-0.25, -0.2) is 9.67 Å². The zero-order valence-electron chi connectivity index (χ0n) is 8.06. The van der Waals surface area contributed by atoms with Gasteiger partial charge in [-0.1, -0.05) is 0 Å². The first kappa shape index (κ1) is 9.61. The Labute approximate surface area is 82.4 Å². The molecule has 78 valence electrons. The molecule has 1 aromatic rings. The van der Waals surface area contributed by atoms with Crippen molar-refractivity contribution in [3.8, 4) is 0 Å². The Balaban J connectivity index is 2.12. The SMILES string of the molecule is OCCc1nc2n(n1)CC(CO)CC2. The third-order valence-corrected chi connectivity index (χ3v) is 2.59. The van der Waals surface area contributed by atoms with Gasteiger partial charge in [-0.2, -0.15) is 5.10 Å². The number of hydrogen-bond donors (Lipinski definition) is 2. The lowest BCUT2D eigenvalue weighted by molar-refractivity contribution is 0.185. The Hall–Kier alpha value is -0.940. The van der Waals surface area contributed by atoms with Crippen LogP contribution in [0.25, 0.3) is 0 Å². The summed E-state index contributed by atoms with van der Waals surface area (Å²) in [5, 5.41) is 22.0. The first-order chi connectivity index (χ1) is 6.83. The summed E-state index contributed by atoms with van der Waals surface area (Å²) < 4.78 is 1.86. The molecule has 2 rings (SSSR count). The van der Waals surface area contributed by atoms with E-state index in [4.69, 9.17) is 10.2 Å². The minimum absolute atomic E-state index is 0.0902. The fraction of sp³-hybridized carbons (Fsp3) is 0.778. The van der Waals surface area contributed by atoms with Gasteiger partial charge in [-0.05, 0) is 6.42 Å². The summed E-state index contributed by atoms with van der Waals surface area (Å²) in [6.45, 7) is 1.06. The Morgan fingerprint density at radius 2 is 2.29 bits per heavy atom. The third kappa shape index (κ3) is 1.78. The summed E-state index contributed by atoms with van der Waals surface area (Å²) in [7, 11) is 0. The lowest BCUT2D eigenvalue weighted by atomic mass is 10.0. The quantitative estimate of drug-likeness (QED) is 0.676. The van der Waals surface area contributed by atoms with Crippen LogP contribution in [-0.4, -0.2) is 38.2 Å². The number of aliphatic hydroxyl groups is 2. The monoisotopic (exact) mass is 197 g/mol. The van der Waals surface area contributed by atoms with Gasteiger partial charge in [0.05, 0.1) is 6.61 Å². The van der Waals surface area contributed by atoms with Gasteiger partial charge in [0.2, 0.25) is 0 Å². The van der Waals surface area contributed by atoms with E-state index in [9.17, 15) is 0 Å². The van der Waals surface area contributed by atoms with Gasteiger partial charge in [-0.3, -0.25) is 0 Å². The highest BCUT2D eigenvalue weighted by molar-refractivity contribution is 4.97. The number of rotatable bonds is 3. The number of aliphatic hydroxyl groups excluding tert-OH is 2. The van der Waals surface area contributed by atoms with Gasteiger partial charge in [0.25, 0.3) is 0 Å². The van der Waals surface area contributed by atoms with Gasteiger partial charge >= 0.3 is 0 Å². The second-order valence-electron chi connectivity index (χ2n) is 3.69. The molecular weight excluding hydrogens is 182 g/mol. The summed E-state index contributed by atoms with van der Waals surface area (Å²) >= 11 is 0. The first-order valence-electron chi connectivity index (χ1n) is 4.97. The van der Waals surface area contributed by atoms with Crippen molar-refractivity contribution < 1.29 is 10.2 Å². The lowest BCUT2D eigenvalue weighted by Crippen LogP contribution is -2.23. The van der Waals surface area contributed by atoms with Crippen LogP contribution in [0.2, 0.25) is 0 Å². The summed E-state index contributed by atoms with van der Waals surface area (Å²) in [5.41, 5.74) is 0. The average Bonchev–Trinajstić information content (AvgIpc) is 2.59. The van der Waals surface area contributed by atoms with Crippen LogP contribution in [0, 0.1) is 5.92 Å². The van der Waals surface area contributed by atoms with E-state index in [2.05, 4.69) is 10.1 Å². The van der Waals surface area contributed by atoms with Crippen molar-refractivity contribution in [1.29, 1.82) is 0 Å². The number of hydrogen-bond acceptors (Lipinski definition) is 4. The molecule has 0 amide bonds. The highest BCUT2D eigenvalue weighted by Crippen LogP contribution is 2.17. The largest absolute Gasteiger partial charge is 0.396 e. The van der Waals surface area contributed by atoms with Crippen LogP contribution in [0.15, 0.2) is 0 Å². The van der Waals surface area contributed by atoms with Crippen molar-refractivity contribution in [2.75, 3.05) is 13.2 Å². The molecule has 1 atom stereocenters. The summed E-state index contributed by atoms with van der Waals surface area (Å²) in [6.07, 6.45) is 2.38. The highest BCUT2D eigenvalue weighted by Gasteiger charge is 2.20. The van der Waals surface area contributed by atoms with E-state index < -0.39 is 0 Å². The van der Waals surface area contributed by atoms with Crippen LogP contribution in [-0.2, 0) is 19.4 Å². The Morgan fingerprint density at radius 1 is 1.43 bits per heavy atom. The average molecular weight is 197 g/mol. The molecule has 14 heavy (non-hydrogen) atoms. The van der Waals surface area contributed by atoms with Crippen molar-refractivity contribution in [2.24, 2.45) is 5.92 Å². The van der Waals surface area contributed by atoms with Crippen molar-refractivity contribution in [3.63, 3.8) is 0 Å². The molecule has 2 heterocycles. The zero-order chi connectivity index (χ0) is 9.97. The summed E-state index contributed by atoms with van der Waals surface area (Å²) in [5.74, 6) is 2.01. The van der Waals surface area contributed by atoms with E-state index in [1.807, 2.05) is 4.68 Å². The number of fused-ring (bicyclic) bond motifs is 1. The number of aryl methyl sites for hydroxylation is 1. The second kappa shape index (κ2) is 4.06. The van der Waals surface area contributed by atoms with E-state index >= 15 is 0 Å². The van der Waals surface area contributed by atoms with E-state index in [0.717, 1.165) is 25.2 Å². The Morgan fingerprint density at radius 3 is 3.00 bits per heavy atom. The van der Waals surface area contributed by atoms with Crippen LogP contribution >= 0.6 is 0 Å². The molecule has 1 aliphatic heterocycles. The van der Waals surface area contributed by atoms with E-state index in [1.54, 1.807) is 0 Å². The maximum atomic E-state index is 9.03. The van der Waals surface area contributed by atoms with Crippen LogP contribution < -0.4 is 0 Å². The highest BCUT2D eigenvalue weighted by atomic mass is 16.3. The number of nitrogens with zero attached hydrogens (tertiary/aromatic N) is 3. The maximum Gasteiger partial charge on any atom is 0.153 e. The van der Waals surface area contributed by atoms with Crippen molar-refractivity contribution >= 4 is 0 Å². The van der Waals surface area contributed by atoms with Gasteiger partial charge in [0, 0.05) is 31.9 Å². The molecule has 1 unspecified atom stereocenters. The van der Waals surface area contributed by atoms with Gasteiger partial charge in [0.1, 0.15) is 5.82 Å². The van der Waals surface area contributed by atoms with Crippen LogP contribution in [0.5, 0.6) is 0 Å². The molecule has 0 bridgehead atoms. The fourth-order valence-corrected chi connectivity index (χ4v) is 1.78. The lowest BCUT2D eigenvalue weighted by Gasteiger charge is -2.19. The van der Waals surface area contributed by atoms with E-state index in [1.165, 1.54) is 0 Å². The predicted molar refractivity (Wildman–Crippen MR) is 49.7 cm³/mol.